The van der Waals surface area contributed by atoms with Gasteiger partial charge in [0.1, 0.15) is 23.1 Å². The van der Waals surface area contributed by atoms with E-state index in [-0.39, 0.29) is 28.8 Å². The third kappa shape index (κ3) is 5.50. The summed E-state index contributed by atoms with van der Waals surface area (Å²) in [6.07, 6.45) is 1.61. The van der Waals surface area contributed by atoms with Gasteiger partial charge in [-0.1, -0.05) is 41.3 Å². The molecule has 1 aliphatic heterocycles. The summed E-state index contributed by atoms with van der Waals surface area (Å²) in [5, 5.41) is 22.1. The molecule has 11 nitrogen and oxygen atoms in total. The number of thioether (sulfide) groups is 1. The Morgan fingerprint density at radius 2 is 1.93 bits per heavy atom. The Hall–Kier alpha value is -4.54. The molecule has 1 aromatic heterocycles. The molecular formula is C29H28N6O5S2. The van der Waals surface area contributed by atoms with Crippen molar-refractivity contribution in [3.8, 4) is 23.3 Å². The summed E-state index contributed by atoms with van der Waals surface area (Å²) in [7, 11) is 4.62. The van der Waals surface area contributed by atoms with E-state index in [4.69, 9.17) is 19.9 Å². The minimum Gasteiger partial charge on any atom is -0.497 e. The zero-order chi connectivity index (χ0) is 29.8. The highest BCUT2D eigenvalue weighted by Crippen LogP contribution is 2.48. The molecule has 216 valence electrons. The average Bonchev–Trinajstić information content (AvgIpc) is 3.48. The van der Waals surface area contributed by atoms with Gasteiger partial charge in [0.15, 0.2) is 10.1 Å². The van der Waals surface area contributed by atoms with Crippen molar-refractivity contribution in [3.05, 3.63) is 70.7 Å². The Morgan fingerprint density at radius 1 is 1.14 bits per heavy atom. The lowest BCUT2D eigenvalue weighted by Crippen LogP contribution is -2.38. The van der Waals surface area contributed by atoms with E-state index >= 15 is 0 Å². The molecule has 0 saturated carbocycles. The van der Waals surface area contributed by atoms with Crippen LogP contribution in [0.5, 0.6) is 17.2 Å². The SMILES string of the molecule is COc1ccc(OC)c(NC(=O)CSc2nnc(N3C(N)=C(C#N)C(c4ccccc4OC)C4=C3CCCC4=O)s2)c1. The highest BCUT2D eigenvalue weighted by Gasteiger charge is 2.42. The Balaban J connectivity index is 1.41. The van der Waals surface area contributed by atoms with Gasteiger partial charge >= 0.3 is 0 Å². The molecule has 13 heteroatoms. The number of nitrogens with zero attached hydrogens (tertiary/aromatic N) is 4. The number of para-hydroxylation sites is 1. The number of methoxy groups -OCH3 is 3. The number of carbonyl (C=O) groups is 2. The van der Waals surface area contributed by atoms with Crippen LogP contribution >= 0.6 is 23.1 Å². The fourth-order valence-electron chi connectivity index (χ4n) is 5.10. The third-order valence-electron chi connectivity index (χ3n) is 6.96. The maximum Gasteiger partial charge on any atom is 0.234 e. The van der Waals surface area contributed by atoms with Crippen molar-refractivity contribution in [1.29, 1.82) is 5.26 Å². The fourth-order valence-corrected chi connectivity index (χ4v) is 6.78. The van der Waals surface area contributed by atoms with E-state index in [1.807, 2.05) is 18.2 Å². The van der Waals surface area contributed by atoms with Crippen LogP contribution in [0.2, 0.25) is 0 Å². The Labute approximate surface area is 251 Å². The molecule has 5 rings (SSSR count). The number of nitrogens with one attached hydrogen (secondary N) is 1. The van der Waals surface area contributed by atoms with E-state index in [2.05, 4.69) is 21.6 Å². The highest BCUT2D eigenvalue weighted by atomic mass is 32.2. The van der Waals surface area contributed by atoms with Gasteiger partial charge in [-0.05, 0) is 31.0 Å². The number of hydrogen-bond acceptors (Lipinski definition) is 12. The van der Waals surface area contributed by atoms with E-state index in [9.17, 15) is 14.9 Å². The highest BCUT2D eigenvalue weighted by molar-refractivity contribution is 8.01. The summed E-state index contributed by atoms with van der Waals surface area (Å²) in [6, 6.07) is 14.7. The fraction of sp³-hybridized carbons (Fsp3) is 0.276. The van der Waals surface area contributed by atoms with Gasteiger partial charge in [0, 0.05) is 29.3 Å². The topological polar surface area (TPSA) is 153 Å². The van der Waals surface area contributed by atoms with Crippen molar-refractivity contribution in [3.63, 3.8) is 0 Å². The summed E-state index contributed by atoms with van der Waals surface area (Å²) < 4.78 is 16.7. The molecule has 0 fully saturated rings. The molecule has 1 unspecified atom stereocenters. The summed E-state index contributed by atoms with van der Waals surface area (Å²) in [5.41, 5.74) is 9.30. The second-order valence-corrected chi connectivity index (χ2v) is 11.5. The molecule has 1 amide bonds. The number of nitrogens with two attached hydrogens (primary N) is 1. The first kappa shape index (κ1) is 29.0. The summed E-state index contributed by atoms with van der Waals surface area (Å²) in [5.74, 6) is 0.954. The maximum absolute atomic E-state index is 13.4. The lowest BCUT2D eigenvalue weighted by Gasteiger charge is -2.38. The van der Waals surface area contributed by atoms with Crippen LogP contribution in [-0.4, -0.2) is 49.0 Å². The first-order valence-corrected chi connectivity index (χ1v) is 14.8. The van der Waals surface area contributed by atoms with Crippen LogP contribution < -0.4 is 30.2 Å². The Kier molecular flexibility index (Phi) is 8.65. The number of aromatic nitrogens is 2. The van der Waals surface area contributed by atoms with Crippen LogP contribution in [-0.2, 0) is 9.59 Å². The predicted octanol–water partition coefficient (Wildman–Crippen LogP) is 4.60. The minimum atomic E-state index is -0.649. The lowest BCUT2D eigenvalue weighted by molar-refractivity contribution is -0.116. The molecule has 0 radical (unpaired) electrons. The van der Waals surface area contributed by atoms with Gasteiger partial charge in [0.05, 0.1) is 50.3 Å². The van der Waals surface area contributed by atoms with Crippen LogP contribution in [0, 0.1) is 11.3 Å². The number of rotatable bonds is 9. The molecule has 2 heterocycles. The zero-order valence-corrected chi connectivity index (χ0v) is 24.8. The van der Waals surface area contributed by atoms with Crippen molar-refractivity contribution in [2.24, 2.45) is 5.73 Å². The average molecular weight is 605 g/mol. The van der Waals surface area contributed by atoms with Gasteiger partial charge in [-0.15, -0.1) is 10.2 Å². The molecule has 1 aliphatic carbocycles. The van der Waals surface area contributed by atoms with Crippen LogP contribution in [0.1, 0.15) is 30.7 Å². The Morgan fingerprint density at radius 3 is 2.67 bits per heavy atom. The van der Waals surface area contributed by atoms with Crippen molar-refractivity contribution in [2.75, 3.05) is 37.3 Å². The van der Waals surface area contributed by atoms with Crippen molar-refractivity contribution in [2.45, 2.75) is 29.5 Å². The van der Waals surface area contributed by atoms with Crippen molar-refractivity contribution < 1.29 is 23.8 Å². The summed E-state index contributed by atoms with van der Waals surface area (Å²) in [6.45, 7) is 0. The van der Waals surface area contributed by atoms with E-state index in [1.165, 1.54) is 30.2 Å². The normalized spacial score (nSPS) is 16.6. The van der Waals surface area contributed by atoms with Gasteiger partial charge in [0.25, 0.3) is 0 Å². The van der Waals surface area contributed by atoms with Crippen LogP contribution in [0.25, 0.3) is 0 Å². The molecule has 0 spiro atoms. The smallest absolute Gasteiger partial charge is 0.234 e. The van der Waals surface area contributed by atoms with Crippen LogP contribution in [0.3, 0.4) is 0 Å². The minimum absolute atomic E-state index is 0.0406. The number of carbonyl (C=O) groups excluding carboxylic acids is 2. The molecule has 0 saturated heterocycles. The van der Waals surface area contributed by atoms with Crippen molar-refractivity contribution in [1.82, 2.24) is 10.2 Å². The first-order valence-electron chi connectivity index (χ1n) is 13.0. The number of amides is 1. The second-order valence-electron chi connectivity index (χ2n) is 9.31. The summed E-state index contributed by atoms with van der Waals surface area (Å²) >= 11 is 2.44. The monoisotopic (exact) mass is 604 g/mol. The van der Waals surface area contributed by atoms with Crippen molar-refractivity contribution >= 4 is 45.6 Å². The number of ketones is 1. The number of nitriles is 1. The quantitative estimate of drug-likeness (QED) is 0.330. The molecule has 1 atom stereocenters. The van der Waals surface area contributed by atoms with Gasteiger partial charge in [-0.2, -0.15) is 5.26 Å². The van der Waals surface area contributed by atoms with Gasteiger partial charge in [-0.3, -0.25) is 14.5 Å². The third-order valence-corrected chi connectivity index (χ3v) is 9.00. The number of allylic oxidation sites excluding steroid dienone is 3. The number of anilines is 2. The molecule has 42 heavy (non-hydrogen) atoms. The standard InChI is InChI=1S/C29H28N6O5S2/c1-38-16-11-12-23(40-3)19(13-16)32-24(37)15-41-29-34-33-28(42-29)35-20-8-6-9-21(36)26(20)25(18(14-30)27(35)31)17-7-4-5-10-22(17)39-2/h4-5,7,10-13,25H,6,8-9,15,31H2,1-3H3,(H,32,37). The van der Waals surface area contributed by atoms with Crippen LogP contribution in [0.4, 0.5) is 10.8 Å². The Bertz CT molecular complexity index is 1640. The molecule has 2 aromatic carbocycles. The lowest BCUT2D eigenvalue weighted by atomic mass is 9.75. The summed E-state index contributed by atoms with van der Waals surface area (Å²) in [4.78, 5) is 27.8. The maximum atomic E-state index is 13.4. The zero-order valence-electron chi connectivity index (χ0n) is 23.2. The first-order chi connectivity index (χ1) is 20.4. The largest absolute Gasteiger partial charge is 0.497 e. The number of ether oxygens (including phenoxy) is 3. The number of benzene rings is 2. The molecule has 3 N–H and O–H groups in total. The number of Topliss-reactive ketones (excluding diaryl/α,β-unsaturated/α-hetero) is 1. The van der Waals surface area contributed by atoms with Gasteiger partial charge in [0.2, 0.25) is 11.0 Å². The molecule has 0 bridgehead atoms. The van der Waals surface area contributed by atoms with E-state index in [1.54, 1.807) is 43.4 Å². The van der Waals surface area contributed by atoms with E-state index in [0.29, 0.717) is 68.5 Å². The predicted molar refractivity (Wildman–Crippen MR) is 160 cm³/mol. The van der Waals surface area contributed by atoms with E-state index < -0.39 is 5.92 Å². The molecule has 2 aliphatic rings. The van der Waals surface area contributed by atoms with Gasteiger partial charge < -0.3 is 25.3 Å². The molecular weight excluding hydrogens is 576 g/mol. The van der Waals surface area contributed by atoms with Gasteiger partial charge in [-0.25, -0.2) is 0 Å². The molecule has 3 aromatic rings. The van der Waals surface area contributed by atoms with E-state index in [0.717, 1.165) is 0 Å². The number of hydrogen-bond donors (Lipinski definition) is 2. The second kappa shape index (κ2) is 12.5. The van der Waals surface area contributed by atoms with Crippen LogP contribution in [0.15, 0.2) is 69.5 Å².